The lowest BCUT2D eigenvalue weighted by Crippen LogP contribution is -2.17. The number of halogens is 1. The summed E-state index contributed by atoms with van der Waals surface area (Å²) in [5.41, 5.74) is 7.99. The Balaban J connectivity index is 2.12. The minimum Gasteiger partial charge on any atom is -0.328 e. The maximum atomic E-state index is 14.1. The summed E-state index contributed by atoms with van der Waals surface area (Å²) in [6.07, 6.45) is 0.699. The molecule has 1 atom stereocenters. The molecule has 0 heterocycles. The van der Waals surface area contributed by atoms with Crippen LogP contribution in [0.3, 0.4) is 0 Å². The van der Waals surface area contributed by atoms with Crippen LogP contribution in [0, 0.1) is 5.82 Å². The summed E-state index contributed by atoms with van der Waals surface area (Å²) in [6, 6.07) is 13.8. The molecule has 0 aliphatic rings. The third-order valence-corrected chi connectivity index (χ3v) is 4.39. The van der Waals surface area contributed by atoms with E-state index in [4.69, 9.17) is 5.73 Å². The maximum Gasteiger partial charge on any atom is 0.137 e. The van der Waals surface area contributed by atoms with Gasteiger partial charge in [-0.05, 0) is 54.7 Å². The summed E-state index contributed by atoms with van der Waals surface area (Å²) in [6.45, 7) is 6.26. The summed E-state index contributed by atoms with van der Waals surface area (Å²) >= 11 is 1.46. The van der Waals surface area contributed by atoms with Crippen LogP contribution in [0.25, 0.3) is 0 Å². The van der Waals surface area contributed by atoms with Crippen molar-refractivity contribution in [3.05, 3.63) is 59.4 Å². The molecule has 0 fully saturated rings. The van der Waals surface area contributed by atoms with Crippen molar-refractivity contribution in [1.29, 1.82) is 0 Å². The topological polar surface area (TPSA) is 26.0 Å². The first-order valence-electron chi connectivity index (χ1n) is 7.27. The normalized spacial score (nSPS) is 12.7. The van der Waals surface area contributed by atoms with Crippen molar-refractivity contribution >= 4 is 11.8 Å². The van der Waals surface area contributed by atoms with E-state index < -0.39 is 0 Å². The Kier molecular flexibility index (Phi) is 5.43. The number of hydrogen-bond acceptors (Lipinski definition) is 2. The Bertz CT molecular complexity index is 591. The molecule has 0 radical (unpaired) electrons. The quantitative estimate of drug-likeness (QED) is 0.842. The zero-order valence-corrected chi connectivity index (χ0v) is 13.6. The van der Waals surface area contributed by atoms with Crippen molar-refractivity contribution in [3.8, 4) is 0 Å². The van der Waals surface area contributed by atoms with Gasteiger partial charge in [0, 0.05) is 15.8 Å². The summed E-state index contributed by atoms with van der Waals surface area (Å²) in [4.78, 5) is 1.71. The highest BCUT2D eigenvalue weighted by Gasteiger charge is 2.07. The van der Waals surface area contributed by atoms with Crippen LogP contribution in [0.15, 0.2) is 52.3 Å². The van der Waals surface area contributed by atoms with Gasteiger partial charge >= 0.3 is 0 Å². The molecule has 2 aromatic carbocycles. The SMILES string of the molecule is CC(N)Cc1ccc(Sc2ccc(C(C)C)cc2)c(F)c1. The van der Waals surface area contributed by atoms with Gasteiger partial charge in [0.2, 0.25) is 0 Å². The molecule has 112 valence electrons. The summed E-state index contributed by atoms with van der Waals surface area (Å²) in [5, 5.41) is 0. The van der Waals surface area contributed by atoms with Crippen LogP contribution in [0.5, 0.6) is 0 Å². The molecule has 0 bridgehead atoms. The molecule has 0 aliphatic heterocycles. The molecule has 0 saturated heterocycles. The molecule has 0 saturated carbocycles. The van der Waals surface area contributed by atoms with E-state index in [9.17, 15) is 4.39 Å². The zero-order valence-electron chi connectivity index (χ0n) is 12.8. The summed E-state index contributed by atoms with van der Waals surface area (Å²) < 4.78 is 14.1. The predicted octanol–water partition coefficient (Wildman–Crippen LogP) is 4.99. The van der Waals surface area contributed by atoms with Crippen molar-refractivity contribution < 1.29 is 4.39 Å². The van der Waals surface area contributed by atoms with Gasteiger partial charge in [-0.2, -0.15) is 0 Å². The highest BCUT2D eigenvalue weighted by Crippen LogP contribution is 2.31. The molecule has 2 rings (SSSR count). The lowest BCUT2D eigenvalue weighted by Gasteiger charge is -2.09. The van der Waals surface area contributed by atoms with Gasteiger partial charge < -0.3 is 5.73 Å². The van der Waals surface area contributed by atoms with Crippen molar-refractivity contribution in [2.24, 2.45) is 5.73 Å². The van der Waals surface area contributed by atoms with Gasteiger partial charge in [-0.1, -0.05) is 43.8 Å². The van der Waals surface area contributed by atoms with Crippen molar-refractivity contribution in [2.45, 2.75) is 48.9 Å². The highest BCUT2D eigenvalue weighted by molar-refractivity contribution is 7.99. The number of nitrogens with two attached hydrogens (primary N) is 1. The molecule has 0 aliphatic carbocycles. The van der Waals surface area contributed by atoms with Crippen molar-refractivity contribution in [2.75, 3.05) is 0 Å². The van der Waals surface area contributed by atoms with Gasteiger partial charge in [0.05, 0.1) is 0 Å². The molecule has 3 heteroatoms. The van der Waals surface area contributed by atoms with Crippen LogP contribution in [0.1, 0.15) is 37.8 Å². The minimum atomic E-state index is -0.175. The fraction of sp³-hybridized carbons (Fsp3) is 0.333. The van der Waals surface area contributed by atoms with Crippen molar-refractivity contribution in [3.63, 3.8) is 0 Å². The average molecular weight is 303 g/mol. The second-order valence-electron chi connectivity index (χ2n) is 5.77. The van der Waals surface area contributed by atoms with Crippen LogP contribution in [0.2, 0.25) is 0 Å². The van der Waals surface area contributed by atoms with E-state index in [1.807, 2.05) is 19.1 Å². The fourth-order valence-electron chi connectivity index (χ4n) is 2.17. The molecule has 21 heavy (non-hydrogen) atoms. The molecule has 2 N–H and O–H groups in total. The smallest absolute Gasteiger partial charge is 0.137 e. The first-order valence-corrected chi connectivity index (χ1v) is 8.09. The Morgan fingerprint density at radius 1 is 1.05 bits per heavy atom. The van der Waals surface area contributed by atoms with E-state index in [0.717, 1.165) is 10.5 Å². The Morgan fingerprint density at radius 2 is 1.71 bits per heavy atom. The predicted molar refractivity (Wildman–Crippen MR) is 88.4 cm³/mol. The molecule has 1 unspecified atom stereocenters. The van der Waals surface area contributed by atoms with Crippen LogP contribution in [-0.2, 0) is 6.42 Å². The van der Waals surface area contributed by atoms with Gasteiger partial charge in [0.25, 0.3) is 0 Å². The Morgan fingerprint density at radius 3 is 2.24 bits per heavy atom. The van der Waals surface area contributed by atoms with Crippen molar-refractivity contribution in [1.82, 2.24) is 0 Å². The first kappa shape index (κ1) is 16.1. The van der Waals surface area contributed by atoms with E-state index in [0.29, 0.717) is 17.2 Å². The van der Waals surface area contributed by atoms with Gasteiger partial charge in [0.1, 0.15) is 5.82 Å². The molecular weight excluding hydrogens is 281 g/mol. The van der Waals surface area contributed by atoms with Gasteiger partial charge in [-0.3, -0.25) is 0 Å². The van der Waals surface area contributed by atoms with E-state index in [-0.39, 0.29) is 11.9 Å². The van der Waals surface area contributed by atoms with E-state index >= 15 is 0 Å². The molecule has 2 aromatic rings. The maximum absolute atomic E-state index is 14.1. The lowest BCUT2D eigenvalue weighted by molar-refractivity contribution is 0.597. The molecule has 0 amide bonds. The zero-order chi connectivity index (χ0) is 15.4. The minimum absolute atomic E-state index is 0.0477. The standard InChI is InChI=1S/C18H22FNS/c1-12(2)15-5-7-16(8-6-15)21-18-9-4-14(10-13(3)20)11-17(18)19/h4-9,11-13H,10,20H2,1-3H3. The Labute approximate surface area is 130 Å². The number of hydrogen-bond donors (Lipinski definition) is 1. The van der Waals surface area contributed by atoms with Gasteiger partial charge in [0.15, 0.2) is 0 Å². The highest BCUT2D eigenvalue weighted by atomic mass is 32.2. The van der Waals surface area contributed by atoms with Gasteiger partial charge in [-0.15, -0.1) is 0 Å². The Hall–Kier alpha value is -1.32. The molecule has 0 aromatic heterocycles. The molecule has 0 spiro atoms. The van der Waals surface area contributed by atoms with Crippen LogP contribution in [-0.4, -0.2) is 6.04 Å². The fourth-order valence-corrected chi connectivity index (χ4v) is 2.99. The lowest BCUT2D eigenvalue weighted by atomic mass is 10.0. The van der Waals surface area contributed by atoms with Gasteiger partial charge in [-0.25, -0.2) is 4.39 Å². The second-order valence-corrected chi connectivity index (χ2v) is 6.89. The number of rotatable bonds is 5. The first-order chi connectivity index (χ1) is 9.95. The molecule has 1 nitrogen and oxygen atoms in total. The average Bonchev–Trinajstić information content (AvgIpc) is 2.42. The van der Waals surface area contributed by atoms with Crippen LogP contribution < -0.4 is 5.73 Å². The third-order valence-electron chi connectivity index (χ3n) is 3.33. The monoisotopic (exact) mass is 303 g/mol. The molecular formula is C18H22FNS. The summed E-state index contributed by atoms with van der Waals surface area (Å²) in [5.74, 6) is 0.337. The van der Waals surface area contributed by atoms with Crippen LogP contribution in [0.4, 0.5) is 4.39 Å². The third kappa shape index (κ3) is 4.58. The summed E-state index contributed by atoms with van der Waals surface area (Å²) in [7, 11) is 0. The number of benzene rings is 2. The van der Waals surface area contributed by atoms with E-state index in [1.165, 1.54) is 17.3 Å². The van der Waals surface area contributed by atoms with E-state index in [1.54, 1.807) is 6.07 Å². The van der Waals surface area contributed by atoms with Crippen LogP contribution >= 0.6 is 11.8 Å². The second kappa shape index (κ2) is 7.10. The van der Waals surface area contributed by atoms with E-state index in [2.05, 4.69) is 38.1 Å². The largest absolute Gasteiger partial charge is 0.328 e.